The summed E-state index contributed by atoms with van der Waals surface area (Å²) in [6.45, 7) is 7.07. The molecule has 1 saturated carbocycles. The predicted octanol–water partition coefficient (Wildman–Crippen LogP) is 4.49. The first-order chi connectivity index (χ1) is 24.0. The topological polar surface area (TPSA) is 156 Å². The first-order valence-electron chi connectivity index (χ1n) is 17.3. The number of hydrogen-bond acceptors (Lipinski definition) is 9. The number of hydrogen-bond donors (Lipinski definition) is 3. The number of carbonyl (C=O) groups is 2. The van der Waals surface area contributed by atoms with Crippen molar-refractivity contribution in [1.82, 2.24) is 24.4 Å². The van der Waals surface area contributed by atoms with Crippen molar-refractivity contribution >= 4 is 39.5 Å². The number of nitrogens with zero attached hydrogens (tertiary/aromatic N) is 5. The van der Waals surface area contributed by atoms with E-state index in [0.29, 0.717) is 31.6 Å². The molecule has 3 aromatic rings. The first-order valence-corrected chi connectivity index (χ1v) is 19.6. The average Bonchev–Trinajstić information content (AvgIpc) is 3.66. The molecule has 1 aliphatic carbocycles. The maximum Gasteiger partial charge on any atom is 0.321 e. The highest BCUT2D eigenvalue weighted by Crippen LogP contribution is 2.30. The van der Waals surface area contributed by atoms with Gasteiger partial charge in [-0.3, -0.25) is 4.79 Å². The van der Waals surface area contributed by atoms with Gasteiger partial charge in [0.25, 0.3) is 0 Å². The van der Waals surface area contributed by atoms with Gasteiger partial charge in [-0.25, -0.2) is 18.2 Å². The van der Waals surface area contributed by atoms with Crippen molar-refractivity contribution in [2.75, 3.05) is 26.2 Å². The molecule has 2 aromatic carbocycles. The molecule has 2 aliphatic rings. The Balaban J connectivity index is 1.38. The molecule has 50 heavy (non-hydrogen) atoms. The predicted molar refractivity (Wildman–Crippen MR) is 193 cm³/mol. The maximum absolute atomic E-state index is 14.3. The molecule has 1 aliphatic heterocycles. The van der Waals surface area contributed by atoms with E-state index in [4.69, 9.17) is 5.21 Å². The largest absolute Gasteiger partial charge is 0.411 e. The van der Waals surface area contributed by atoms with E-state index < -0.39 is 28.2 Å². The SMILES string of the molecule is CC[C@H](C)[C@@H](C(=O)N[C@@H](Cc1ccccc1)[C@@H](O)CN(CC1CCC1)S(=O)(=O)c1ccc(C=NO)cc1)N1CCN(Cc2csc(C)n2)C1=O. The van der Waals surface area contributed by atoms with Gasteiger partial charge in [0.1, 0.15) is 6.04 Å². The Kier molecular flexibility index (Phi) is 12.6. The molecule has 4 atom stereocenters. The summed E-state index contributed by atoms with van der Waals surface area (Å²) in [6.07, 6.45) is 3.69. The fraction of sp³-hybridized carbons (Fsp3) is 0.500. The minimum Gasteiger partial charge on any atom is -0.411 e. The quantitative estimate of drug-likeness (QED) is 0.105. The van der Waals surface area contributed by atoms with Gasteiger partial charge >= 0.3 is 6.03 Å². The van der Waals surface area contributed by atoms with E-state index in [-0.39, 0.29) is 48.2 Å². The van der Waals surface area contributed by atoms with Crippen LogP contribution in [0.15, 0.2) is 70.0 Å². The summed E-state index contributed by atoms with van der Waals surface area (Å²) in [5.41, 5.74) is 2.22. The molecule has 3 amide bonds. The summed E-state index contributed by atoms with van der Waals surface area (Å²) >= 11 is 1.53. The van der Waals surface area contributed by atoms with E-state index in [1.54, 1.807) is 21.9 Å². The zero-order valence-electron chi connectivity index (χ0n) is 28.9. The number of amides is 3. The molecule has 1 saturated heterocycles. The number of sulfonamides is 1. The zero-order valence-corrected chi connectivity index (χ0v) is 30.5. The molecule has 0 spiro atoms. The van der Waals surface area contributed by atoms with Crippen LogP contribution >= 0.6 is 11.3 Å². The number of benzene rings is 2. The summed E-state index contributed by atoms with van der Waals surface area (Å²) in [6, 6.07) is 13.6. The van der Waals surface area contributed by atoms with Crippen molar-refractivity contribution in [3.63, 3.8) is 0 Å². The van der Waals surface area contributed by atoms with E-state index in [1.165, 1.54) is 34.0 Å². The van der Waals surface area contributed by atoms with E-state index in [2.05, 4.69) is 15.5 Å². The molecule has 12 nitrogen and oxygen atoms in total. The Morgan fingerprint density at radius 1 is 1.16 bits per heavy atom. The lowest BCUT2D eigenvalue weighted by Gasteiger charge is -2.36. The van der Waals surface area contributed by atoms with Crippen molar-refractivity contribution in [2.45, 2.75) is 82.5 Å². The minimum atomic E-state index is -4.03. The van der Waals surface area contributed by atoms with Gasteiger partial charge in [-0.2, -0.15) is 4.31 Å². The van der Waals surface area contributed by atoms with Crippen molar-refractivity contribution in [3.05, 3.63) is 81.8 Å². The normalized spacial score (nSPS) is 18.0. The summed E-state index contributed by atoms with van der Waals surface area (Å²) in [7, 11) is -4.03. The summed E-state index contributed by atoms with van der Waals surface area (Å²) in [5, 5.41) is 29.7. The van der Waals surface area contributed by atoms with Gasteiger partial charge in [-0.1, -0.05) is 74.3 Å². The number of aromatic nitrogens is 1. The summed E-state index contributed by atoms with van der Waals surface area (Å²) in [4.78, 5) is 35.8. The second kappa shape index (κ2) is 16.9. The molecule has 0 bridgehead atoms. The van der Waals surface area contributed by atoms with Crippen LogP contribution in [0.1, 0.15) is 61.4 Å². The smallest absolute Gasteiger partial charge is 0.321 e. The number of oxime groups is 1. The Hall–Kier alpha value is -3.85. The molecule has 2 heterocycles. The van der Waals surface area contributed by atoms with Gasteiger partial charge in [0.05, 0.1) is 40.5 Å². The van der Waals surface area contributed by atoms with Crippen LogP contribution in [-0.2, 0) is 27.8 Å². The maximum atomic E-state index is 14.3. The molecule has 3 N–H and O–H groups in total. The van der Waals surface area contributed by atoms with E-state index >= 15 is 0 Å². The number of nitrogens with one attached hydrogen (secondary N) is 1. The number of rotatable bonds is 17. The van der Waals surface area contributed by atoms with Crippen LogP contribution in [-0.4, -0.2) is 100 Å². The lowest BCUT2D eigenvalue weighted by molar-refractivity contribution is -0.128. The molecule has 0 radical (unpaired) electrons. The number of thiazole rings is 1. The standard InChI is InChI=1S/C36H48N6O6S2/c1-4-25(2)34(42-18-17-40(36(42)45)22-30-24-49-26(3)38-30)35(44)39-32(19-27-9-6-5-7-10-27)33(43)23-41(21-29-11-8-12-29)50(47,48)31-15-13-28(14-16-31)20-37-46/h5-7,9-10,13-16,20,24-25,29,32-34,43,46H,4,8,11-12,17-19,21-23H2,1-3H3,(H,39,44)/t25-,32-,33-,34-/m0/s1. The lowest BCUT2D eigenvalue weighted by Crippen LogP contribution is -2.57. The molecule has 2 fully saturated rings. The van der Waals surface area contributed by atoms with Crippen LogP contribution in [0.5, 0.6) is 0 Å². The molecule has 270 valence electrons. The van der Waals surface area contributed by atoms with E-state index in [9.17, 15) is 23.1 Å². The second-order valence-corrected chi connectivity index (χ2v) is 16.4. The molecular weight excluding hydrogens is 677 g/mol. The number of aliphatic hydroxyl groups is 1. The number of carbonyl (C=O) groups excluding carboxylic acids is 2. The Bertz CT molecular complexity index is 1710. The van der Waals surface area contributed by atoms with Crippen molar-refractivity contribution < 1.29 is 28.3 Å². The van der Waals surface area contributed by atoms with Crippen LogP contribution in [0.4, 0.5) is 4.79 Å². The van der Waals surface area contributed by atoms with Gasteiger partial charge < -0.3 is 25.4 Å². The van der Waals surface area contributed by atoms with Gasteiger partial charge in [-0.05, 0) is 61.3 Å². The van der Waals surface area contributed by atoms with Crippen LogP contribution < -0.4 is 5.32 Å². The third kappa shape index (κ3) is 9.08. The summed E-state index contributed by atoms with van der Waals surface area (Å²) in [5.74, 6) is -0.384. The van der Waals surface area contributed by atoms with Crippen molar-refractivity contribution in [2.24, 2.45) is 17.0 Å². The third-order valence-corrected chi connectivity index (χ3v) is 12.5. The average molecular weight is 725 g/mol. The zero-order chi connectivity index (χ0) is 35.8. The van der Waals surface area contributed by atoms with E-state index in [1.807, 2.05) is 56.5 Å². The molecule has 0 unspecified atom stereocenters. The highest BCUT2D eigenvalue weighted by atomic mass is 32.2. The monoisotopic (exact) mass is 724 g/mol. The molecule has 1 aromatic heterocycles. The minimum absolute atomic E-state index is 0.0597. The highest BCUT2D eigenvalue weighted by molar-refractivity contribution is 7.89. The fourth-order valence-electron chi connectivity index (χ4n) is 6.54. The van der Waals surface area contributed by atoms with Gasteiger partial charge in [-0.15, -0.1) is 11.3 Å². The van der Waals surface area contributed by atoms with Crippen LogP contribution in [0.3, 0.4) is 0 Å². The molecule has 5 rings (SSSR count). The Labute approximate surface area is 298 Å². The second-order valence-electron chi connectivity index (χ2n) is 13.4. The lowest BCUT2D eigenvalue weighted by atomic mass is 9.85. The van der Waals surface area contributed by atoms with Gasteiger partial charge in [0.15, 0.2) is 0 Å². The third-order valence-electron chi connectivity index (χ3n) is 9.83. The Morgan fingerprint density at radius 3 is 2.48 bits per heavy atom. The van der Waals surface area contributed by atoms with Gasteiger partial charge in [0, 0.05) is 31.6 Å². The van der Waals surface area contributed by atoms with Crippen molar-refractivity contribution in [3.8, 4) is 0 Å². The Morgan fingerprint density at radius 2 is 1.88 bits per heavy atom. The summed E-state index contributed by atoms with van der Waals surface area (Å²) < 4.78 is 29.4. The van der Waals surface area contributed by atoms with Gasteiger partial charge in [0.2, 0.25) is 15.9 Å². The van der Waals surface area contributed by atoms with Crippen molar-refractivity contribution in [1.29, 1.82) is 0 Å². The fourth-order valence-corrected chi connectivity index (χ4v) is 8.68. The van der Waals surface area contributed by atoms with E-state index in [0.717, 1.165) is 35.5 Å². The molecule has 14 heteroatoms. The number of urea groups is 1. The van der Waals surface area contributed by atoms with Crippen LogP contribution in [0.25, 0.3) is 0 Å². The number of aliphatic hydroxyl groups excluding tert-OH is 1. The van der Waals surface area contributed by atoms with Crippen LogP contribution in [0, 0.1) is 18.8 Å². The highest BCUT2D eigenvalue weighted by Gasteiger charge is 2.41. The first kappa shape index (κ1) is 37.4. The number of aryl methyl sites for hydroxylation is 1. The molecular formula is C36H48N6O6S2. The van der Waals surface area contributed by atoms with Crippen LogP contribution in [0.2, 0.25) is 0 Å².